The van der Waals surface area contributed by atoms with Crippen molar-refractivity contribution in [3.63, 3.8) is 0 Å². The van der Waals surface area contributed by atoms with Gasteiger partial charge in [-0.2, -0.15) is 0 Å². The molecule has 0 spiro atoms. The van der Waals surface area contributed by atoms with Crippen molar-refractivity contribution in [2.24, 2.45) is 28.2 Å². The van der Waals surface area contributed by atoms with Crippen molar-refractivity contribution in [3.8, 4) is 0 Å². The molecule has 0 aromatic carbocycles. The zero-order valence-corrected chi connectivity index (χ0v) is 14.3. The maximum Gasteiger partial charge on any atom is 0.174 e. The van der Waals surface area contributed by atoms with Crippen molar-refractivity contribution in [2.75, 3.05) is 0 Å². The van der Waals surface area contributed by atoms with Crippen molar-refractivity contribution in [1.82, 2.24) is 0 Å². The molecule has 108 valence electrons. The Kier molecular flexibility index (Phi) is 3.39. The van der Waals surface area contributed by atoms with Gasteiger partial charge < -0.3 is 5.11 Å². The molecular formula is C15H24BrNOS. The van der Waals surface area contributed by atoms with Crippen molar-refractivity contribution < 1.29 is 5.11 Å². The van der Waals surface area contributed by atoms with E-state index in [0.717, 1.165) is 22.8 Å². The van der Waals surface area contributed by atoms with Gasteiger partial charge in [0, 0.05) is 5.41 Å². The summed E-state index contributed by atoms with van der Waals surface area (Å²) < 4.78 is 0. The molecule has 4 aliphatic carbocycles. The molecular weight excluding hydrogens is 322 g/mol. The predicted octanol–water partition coefficient (Wildman–Crippen LogP) is 4.02. The molecule has 2 atom stereocenters. The second-order valence-electron chi connectivity index (χ2n) is 7.31. The van der Waals surface area contributed by atoms with Crippen molar-refractivity contribution in [2.45, 2.75) is 63.3 Å². The molecule has 2 unspecified atom stereocenters. The number of aliphatic hydroxyl groups is 1. The summed E-state index contributed by atoms with van der Waals surface area (Å²) in [6.07, 6.45) is 7.99. The molecule has 5 rings (SSSR count). The summed E-state index contributed by atoms with van der Waals surface area (Å²) in [6, 6.07) is 0. The quantitative estimate of drug-likeness (QED) is 0.778. The maximum atomic E-state index is 11.3. The Bertz CT molecular complexity index is 389. The van der Waals surface area contributed by atoms with Crippen LogP contribution in [0.2, 0.25) is 0 Å². The van der Waals surface area contributed by atoms with Gasteiger partial charge in [-0.3, -0.25) is 0 Å². The SMILES string of the molecule is Br.CC1=NC(O)(C23CC4CC(CC(C4)C2)C3)C(C)S1. The number of nitrogens with zero attached hydrogens (tertiary/aromatic N) is 1. The molecule has 0 aromatic heterocycles. The molecule has 0 radical (unpaired) electrons. The third kappa shape index (κ3) is 1.89. The highest BCUT2D eigenvalue weighted by Crippen LogP contribution is 2.66. The summed E-state index contributed by atoms with van der Waals surface area (Å²) in [5.41, 5.74) is -0.649. The Balaban J connectivity index is 0.00000110. The molecule has 19 heavy (non-hydrogen) atoms. The van der Waals surface area contributed by atoms with Crippen molar-refractivity contribution >= 4 is 33.8 Å². The van der Waals surface area contributed by atoms with E-state index < -0.39 is 5.72 Å². The van der Waals surface area contributed by atoms with Gasteiger partial charge in [0.15, 0.2) is 5.72 Å². The fourth-order valence-electron chi connectivity index (χ4n) is 5.81. The predicted molar refractivity (Wildman–Crippen MR) is 86.0 cm³/mol. The maximum absolute atomic E-state index is 11.3. The molecule has 4 heteroatoms. The minimum atomic E-state index is -0.766. The number of thioether (sulfide) groups is 1. The van der Waals surface area contributed by atoms with Crippen LogP contribution in [-0.4, -0.2) is 21.1 Å². The normalized spacial score (nSPS) is 55.0. The molecule has 0 aromatic rings. The van der Waals surface area contributed by atoms with Gasteiger partial charge >= 0.3 is 0 Å². The molecule has 4 saturated carbocycles. The lowest BCUT2D eigenvalue weighted by atomic mass is 9.46. The second kappa shape index (κ2) is 4.48. The highest BCUT2D eigenvalue weighted by Gasteiger charge is 2.63. The molecule has 4 fully saturated rings. The molecule has 1 heterocycles. The Labute approximate surface area is 130 Å². The second-order valence-corrected chi connectivity index (χ2v) is 8.85. The molecule has 0 saturated heterocycles. The van der Waals surface area contributed by atoms with E-state index in [4.69, 9.17) is 4.99 Å². The average molecular weight is 346 g/mol. The van der Waals surface area contributed by atoms with Crippen LogP contribution in [0.5, 0.6) is 0 Å². The fourth-order valence-corrected chi connectivity index (χ4v) is 6.98. The first-order valence-corrected chi connectivity index (χ1v) is 8.34. The Hall–Kier alpha value is 0.460. The Morgan fingerprint density at radius 3 is 1.95 bits per heavy atom. The topological polar surface area (TPSA) is 32.6 Å². The molecule has 4 bridgehead atoms. The third-order valence-electron chi connectivity index (χ3n) is 6.06. The van der Waals surface area contributed by atoms with Crippen molar-refractivity contribution in [1.29, 1.82) is 0 Å². The lowest BCUT2D eigenvalue weighted by Gasteiger charge is -2.61. The summed E-state index contributed by atoms with van der Waals surface area (Å²) in [6.45, 7) is 4.23. The highest BCUT2D eigenvalue weighted by molar-refractivity contribution is 8.93. The van der Waals surface area contributed by atoms with E-state index in [9.17, 15) is 5.11 Å². The van der Waals surface area contributed by atoms with Crippen molar-refractivity contribution in [3.05, 3.63) is 0 Å². The van der Waals surface area contributed by atoms with Gasteiger partial charge in [0.2, 0.25) is 0 Å². The van der Waals surface area contributed by atoms with E-state index in [-0.39, 0.29) is 27.6 Å². The van der Waals surface area contributed by atoms with Crippen LogP contribution in [0.25, 0.3) is 0 Å². The van der Waals surface area contributed by atoms with Crippen LogP contribution in [0.3, 0.4) is 0 Å². The monoisotopic (exact) mass is 345 g/mol. The van der Waals surface area contributed by atoms with Crippen LogP contribution < -0.4 is 0 Å². The molecule has 2 nitrogen and oxygen atoms in total. The highest BCUT2D eigenvalue weighted by atomic mass is 79.9. The molecule has 5 aliphatic rings. The minimum Gasteiger partial charge on any atom is -0.368 e. The van der Waals surface area contributed by atoms with E-state index in [0.29, 0.717) is 0 Å². The first kappa shape index (κ1) is 14.4. The van der Waals surface area contributed by atoms with Gasteiger partial charge in [0.05, 0.1) is 10.3 Å². The summed E-state index contributed by atoms with van der Waals surface area (Å²) in [5.74, 6) is 2.65. The smallest absolute Gasteiger partial charge is 0.174 e. The van der Waals surface area contributed by atoms with Gasteiger partial charge in [-0.1, -0.05) is 0 Å². The van der Waals surface area contributed by atoms with E-state index in [2.05, 4.69) is 13.8 Å². The number of halogens is 1. The first-order valence-electron chi connectivity index (χ1n) is 7.46. The van der Waals surface area contributed by atoms with Gasteiger partial charge in [-0.25, -0.2) is 4.99 Å². The summed E-state index contributed by atoms with van der Waals surface area (Å²) in [5, 5.41) is 12.6. The van der Waals surface area contributed by atoms with Gasteiger partial charge in [-0.15, -0.1) is 28.7 Å². The number of rotatable bonds is 1. The van der Waals surface area contributed by atoms with Crippen LogP contribution in [0, 0.1) is 23.2 Å². The van der Waals surface area contributed by atoms with Crippen LogP contribution in [0.1, 0.15) is 52.4 Å². The number of hydrogen-bond donors (Lipinski definition) is 1. The first-order chi connectivity index (χ1) is 8.51. The minimum absolute atomic E-state index is 0. The van der Waals surface area contributed by atoms with E-state index in [1.807, 2.05) is 0 Å². The zero-order chi connectivity index (χ0) is 12.5. The summed E-state index contributed by atoms with van der Waals surface area (Å²) in [7, 11) is 0. The van der Waals surface area contributed by atoms with Gasteiger partial charge in [0.1, 0.15) is 0 Å². The fraction of sp³-hybridized carbons (Fsp3) is 0.933. The van der Waals surface area contributed by atoms with E-state index in [1.165, 1.54) is 38.5 Å². The summed E-state index contributed by atoms with van der Waals surface area (Å²) >= 11 is 1.78. The third-order valence-corrected chi connectivity index (χ3v) is 7.18. The lowest BCUT2D eigenvalue weighted by molar-refractivity contribution is -0.172. The largest absolute Gasteiger partial charge is 0.368 e. The summed E-state index contributed by atoms with van der Waals surface area (Å²) in [4.78, 5) is 4.73. The van der Waals surface area contributed by atoms with Crippen LogP contribution in [0.4, 0.5) is 0 Å². The standard InChI is InChI=1S/C15H23NOS.BrH/c1-9-15(17,16-10(2)18-9)14-6-11-3-12(7-14)5-13(4-11)8-14;/h9,11-13,17H,3-8H2,1-2H3;1H. The van der Waals surface area contributed by atoms with Crippen LogP contribution in [-0.2, 0) is 0 Å². The number of aliphatic imine (C=N–C) groups is 1. The van der Waals surface area contributed by atoms with Gasteiger partial charge in [-0.05, 0) is 70.1 Å². The number of hydrogen-bond acceptors (Lipinski definition) is 3. The Morgan fingerprint density at radius 2 is 1.58 bits per heavy atom. The van der Waals surface area contributed by atoms with Crippen LogP contribution >= 0.6 is 28.7 Å². The molecule has 0 amide bonds. The van der Waals surface area contributed by atoms with Crippen LogP contribution in [0.15, 0.2) is 4.99 Å². The molecule has 1 N–H and O–H groups in total. The Morgan fingerprint density at radius 1 is 1.11 bits per heavy atom. The lowest BCUT2D eigenvalue weighted by Crippen LogP contribution is -2.60. The molecule has 1 aliphatic heterocycles. The average Bonchev–Trinajstić information content (AvgIpc) is 2.52. The van der Waals surface area contributed by atoms with Gasteiger partial charge in [0.25, 0.3) is 0 Å². The zero-order valence-electron chi connectivity index (χ0n) is 11.8. The van der Waals surface area contributed by atoms with E-state index >= 15 is 0 Å². The van der Waals surface area contributed by atoms with E-state index in [1.54, 1.807) is 11.8 Å².